The van der Waals surface area contributed by atoms with E-state index in [4.69, 9.17) is 9.47 Å². The lowest BCUT2D eigenvalue weighted by Gasteiger charge is -2.20. The van der Waals surface area contributed by atoms with Crippen LogP contribution in [0.2, 0.25) is 0 Å². The molecule has 0 aromatic carbocycles. The van der Waals surface area contributed by atoms with E-state index in [-0.39, 0.29) is 0 Å². The molecule has 11 heavy (non-hydrogen) atoms. The molecule has 0 amide bonds. The Hall–Kier alpha value is -0.0800. The first-order valence-electron chi connectivity index (χ1n) is 4.42. The SMILES string of the molecule is COC1CCCC1OC(C)C. The van der Waals surface area contributed by atoms with Crippen molar-refractivity contribution >= 4 is 0 Å². The second-order valence-electron chi connectivity index (χ2n) is 3.43. The van der Waals surface area contributed by atoms with Crippen LogP contribution in [0.3, 0.4) is 0 Å². The van der Waals surface area contributed by atoms with Gasteiger partial charge in [0.15, 0.2) is 0 Å². The van der Waals surface area contributed by atoms with Crippen LogP contribution in [-0.2, 0) is 9.47 Å². The fourth-order valence-corrected chi connectivity index (χ4v) is 1.67. The highest BCUT2D eigenvalue weighted by atomic mass is 16.5. The zero-order valence-electron chi connectivity index (χ0n) is 7.67. The molecule has 0 aromatic rings. The van der Waals surface area contributed by atoms with Gasteiger partial charge in [0, 0.05) is 7.11 Å². The van der Waals surface area contributed by atoms with Crippen LogP contribution in [-0.4, -0.2) is 25.4 Å². The molecular weight excluding hydrogens is 140 g/mol. The summed E-state index contributed by atoms with van der Waals surface area (Å²) in [6.07, 6.45) is 4.59. The number of hydrogen-bond acceptors (Lipinski definition) is 2. The van der Waals surface area contributed by atoms with Crippen LogP contribution in [0.25, 0.3) is 0 Å². The van der Waals surface area contributed by atoms with Gasteiger partial charge >= 0.3 is 0 Å². The summed E-state index contributed by atoms with van der Waals surface area (Å²) in [5.41, 5.74) is 0. The Bertz CT molecular complexity index is 112. The van der Waals surface area contributed by atoms with Crippen LogP contribution in [0.1, 0.15) is 33.1 Å². The largest absolute Gasteiger partial charge is 0.379 e. The second-order valence-corrected chi connectivity index (χ2v) is 3.43. The molecule has 2 heteroatoms. The Morgan fingerprint density at radius 1 is 1.18 bits per heavy atom. The first kappa shape index (κ1) is 9.01. The van der Waals surface area contributed by atoms with Crippen LogP contribution < -0.4 is 0 Å². The highest BCUT2D eigenvalue weighted by molar-refractivity contribution is 4.78. The van der Waals surface area contributed by atoms with Gasteiger partial charge in [-0.25, -0.2) is 0 Å². The molecule has 0 heterocycles. The van der Waals surface area contributed by atoms with Crippen molar-refractivity contribution < 1.29 is 9.47 Å². The second kappa shape index (κ2) is 4.07. The van der Waals surface area contributed by atoms with Crippen LogP contribution >= 0.6 is 0 Å². The third kappa shape index (κ3) is 2.46. The monoisotopic (exact) mass is 158 g/mol. The van der Waals surface area contributed by atoms with Gasteiger partial charge in [0.2, 0.25) is 0 Å². The summed E-state index contributed by atoms with van der Waals surface area (Å²) < 4.78 is 11.0. The molecule has 1 fully saturated rings. The van der Waals surface area contributed by atoms with E-state index in [0.717, 1.165) is 12.8 Å². The zero-order chi connectivity index (χ0) is 8.27. The van der Waals surface area contributed by atoms with E-state index in [2.05, 4.69) is 13.8 Å². The number of hydrogen-bond donors (Lipinski definition) is 0. The van der Waals surface area contributed by atoms with Crippen LogP contribution in [0.15, 0.2) is 0 Å². The van der Waals surface area contributed by atoms with E-state index in [1.54, 1.807) is 7.11 Å². The predicted molar refractivity (Wildman–Crippen MR) is 44.7 cm³/mol. The van der Waals surface area contributed by atoms with Gasteiger partial charge in [-0.3, -0.25) is 0 Å². The van der Waals surface area contributed by atoms with Gasteiger partial charge < -0.3 is 9.47 Å². The molecule has 0 aromatic heterocycles. The lowest BCUT2D eigenvalue weighted by atomic mass is 10.2. The Morgan fingerprint density at radius 3 is 2.36 bits per heavy atom. The first-order chi connectivity index (χ1) is 5.24. The minimum absolute atomic E-state index is 0.329. The van der Waals surface area contributed by atoms with Crippen molar-refractivity contribution in [3.63, 3.8) is 0 Å². The normalized spacial score (nSPS) is 31.6. The van der Waals surface area contributed by atoms with E-state index >= 15 is 0 Å². The van der Waals surface area contributed by atoms with Gasteiger partial charge in [-0.05, 0) is 33.1 Å². The average molecular weight is 158 g/mol. The summed E-state index contributed by atoms with van der Waals surface area (Å²) in [4.78, 5) is 0. The molecule has 0 spiro atoms. The number of ether oxygens (including phenoxy) is 2. The molecule has 1 rings (SSSR count). The topological polar surface area (TPSA) is 18.5 Å². The van der Waals surface area contributed by atoms with E-state index < -0.39 is 0 Å². The van der Waals surface area contributed by atoms with Crippen molar-refractivity contribution in [1.82, 2.24) is 0 Å². The number of methoxy groups -OCH3 is 1. The highest BCUT2D eigenvalue weighted by Gasteiger charge is 2.28. The van der Waals surface area contributed by atoms with Crippen molar-refractivity contribution in [2.45, 2.75) is 51.4 Å². The minimum Gasteiger partial charge on any atom is -0.379 e. The lowest BCUT2D eigenvalue weighted by Crippen LogP contribution is -2.27. The molecule has 66 valence electrons. The molecule has 0 aliphatic heterocycles. The van der Waals surface area contributed by atoms with Gasteiger partial charge in [-0.1, -0.05) is 0 Å². The molecule has 0 N–H and O–H groups in total. The van der Waals surface area contributed by atoms with Gasteiger partial charge in [0.25, 0.3) is 0 Å². The van der Waals surface area contributed by atoms with Gasteiger partial charge in [-0.15, -0.1) is 0 Å². The standard InChI is InChI=1S/C9H18O2/c1-7(2)11-9-6-4-5-8(9)10-3/h7-9H,4-6H2,1-3H3. The van der Waals surface area contributed by atoms with Crippen LogP contribution in [0, 0.1) is 0 Å². The van der Waals surface area contributed by atoms with Crippen molar-refractivity contribution in [1.29, 1.82) is 0 Å². The molecule has 0 radical (unpaired) electrons. The Labute approximate surface area is 68.9 Å². The molecular formula is C9H18O2. The number of rotatable bonds is 3. The van der Waals surface area contributed by atoms with Gasteiger partial charge in [0.1, 0.15) is 0 Å². The van der Waals surface area contributed by atoms with Crippen molar-refractivity contribution in [2.24, 2.45) is 0 Å². The fraction of sp³-hybridized carbons (Fsp3) is 1.00. The minimum atomic E-state index is 0.329. The van der Waals surface area contributed by atoms with Gasteiger partial charge in [0.05, 0.1) is 18.3 Å². The van der Waals surface area contributed by atoms with Crippen LogP contribution in [0.4, 0.5) is 0 Å². The summed E-state index contributed by atoms with van der Waals surface area (Å²) in [5.74, 6) is 0. The predicted octanol–water partition coefficient (Wildman–Crippen LogP) is 1.98. The highest BCUT2D eigenvalue weighted by Crippen LogP contribution is 2.25. The van der Waals surface area contributed by atoms with E-state index in [9.17, 15) is 0 Å². The molecule has 1 aliphatic rings. The average Bonchev–Trinajstić information content (AvgIpc) is 2.34. The fourth-order valence-electron chi connectivity index (χ4n) is 1.67. The lowest BCUT2D eigenvalue weighted by molar-refractivity contribution is -0.0631. The van der Waals surface area contributed by atoms with Crippen molar-refractivity contribution in [3.8, 4) is 0 Å². The Balaban J connectivity index is 2.31. The molecule has 0 saturated heterocycles. The summed E-state index contributed by atoms with van der Waals surface area (Å²) in [6.45, 7) is 4.15. The third-order valence-corrected chi connectivity index (χ3v) is 2.14. The molecule has 2 atom stereocenters. The summed E-state index contributed by atoms with van der Waals surface area (Å²) >= 11 is 0. The Kier molecular flexibility index (Phi) is 3.34. The summed E-state index contributed by atoms with van der Waals surface area (Å²) in [7, 11) is 1.77. The molecule has 1 saturated carbocycles. The quantitative estimate of drug-likeness (QED) is 0.625. The molecule has 2 nitrogen and oxygen atoms in total. The summed E-state index contributed by atoms with van der Waals surface area (Å²) in [5, 5.41) is 0. The van der Waals surface area contributed by atoms with Crippen molar-refractivity contribution in [3.05, 3.63) is 0 Å². The zero-order valence-corrected chi connectivity index (χ0v) is 7.67. The smallest absolute Gasteiger partial charge is 0.0840 e. The maximum absolute atomic E-state index is 5.69. The van der Waals surface area contributed by atoms with Crippen molar-refractivity contribution in [2.75, 3.05) is 7.11 Å². The van der Waals surface area contributed by atoms with E-state index in [1.165, 1.54) is 6.42 Å². The van der Waals surface area contributed by atoms with E-state index in [1.807, 2.05) is 0 Å². The molecule has 1 aliphatic carbocycles. The van der Waals surface area contributed by atoms with E-state index in [0.29, 0.717) is 18.3 Å². The summed E-state index contributed by atoms with van der Waals surface area (Å²) in [6, 6.07) is 0. The maximum Gasteiger partial charge on any atom is 0.0840 e. The Morgan fingerprint density at radius 2 is 1.82 bits per heavy atom. The third-order valence-electron chi connectivity index (χ3n) is 2.14. The van der Waals surface area contributed by atoms with Gasteiger partial charge in [-0.2, -0.15) is 0 Å². The first-order valence-corrected chi connectivity index (χ1v) is 4.42. The molecule has 2 unspecified atom stereocenters. The molecule has 0 bridgehead atoms. The maximum atomic E-state index is 5.69. The van der Waals surface area contributed by atoms with Crippen LogP contribution in [0.5, 0.6) is 0 Å².